The van der Waals surface area contributed by atoms with Gasteiger partial charge in [0.2, 0.25) is 0 Å². The van der Waals surface area contributed by atoms with Gasteiger partial charge in [0, 0.05) is 14.7 Å². The van der Waals surface area contributed by atoms with Crippen molar-refractivity contribution in [1.82, 2.24) is 0 Å². The van der Waals surface area contributed by atoms with Gasteiger partial charge in [0.1, 0.15) is 12.4 Å². The van der Waals surface area contributed by atoms with E-state index in [1.165, 1.54) is 0 Å². The van der Waals surface area contributed by atoms with Crippen molar-refractivity contribution in [3.8, 4) is 5.75 Å². The van der Waals surface area contributed by atoms with E-state index in [-0.39, 0.29) is 5.78 Å². The third kappa shape index (κ3) is 2.61. The normalized spacial score (nSPS) is 14.4. The number of hydrogen-bond acceptors (Lipinski definition) is 3. The molecule has 1 aliphatic heterocycles. The molecule has 1 N–H and O–H groups in total. The number of ether oxygens (including phenoxy) is 1. The first-order valence-electron chi connectivity index (χ1n) is 6.80. The summed E-state index contributed by atoms with van der Waals surface area (Å²) >= 11 is 2.19. The summed E-state index contributed by atoms with van der Waals surface area (Å²) in [4.78, 5) is 23.8. The molecule has 4 nitrogen and oxygen atoms in total. The molecule has 0 saturated heterocycles. The van der Waals surface area contributed by atoms with E-state index in [9.17, 15) is 9.59 Å². The Hall–Kier alpha value is -1.89. The van der Waals surface area contributed by atoms with Gasteiger partial charge in [-0.1, -0.05) is 6.07 Å². The number of carbonyl (C=O) groups excluding carboxylic acids is 1. The number of carboxylic acids is 1. The highest BCUT2D eigenvalue weighted by molar-refractivity contribution is 14.1. The third-order valence-electron chi connectivity index (χ3n) is 3.82. The Morgan fingerprint density at radius 2 is 1.95 bits per heavy atom. The number of fused-ring (bicyclic) bond motifs is 2. The van der Waals surface area contributed by atoms with Crippen molar-refractivity contribution in [1.29, 1.82) is 0 Å². The molecule has 0 aliphatic carbocycles. The minimum absolute atomic E-state index is 0.0894. The van der Waals surface area contributed by atoms with Crippen LogP contribution >= 0.6 is 22.6 Å². The van der Waals surface area contributed by atoms with E-state index in [4.69, 9.17) is 9.84 Å². The molecule has 22 heavy (non-hydrogen) atoms. The average Bonchev–Trinajstić information content (AvgIpc) is 2.63. The van der Waals surface area contributed by atoms with Gasteiger partial charge < -0.3 is 9.84 Å². The van der Waals surface area contributed by atoms with E-state index in [1.54, 1.807) is 25.1 Å². The van der Waals surface area contributed by atoms with Crippen LogP contribution in [-0.4, -0.2) is 16.9 Å². The molecule has 112 valence electrons. The summed E-state index contributed by atoms with van der Waals surface area (Å²) in [5, 5.41) is 9.11. The van der Waals surface area contributed by atoms with Crippen molar-refractivity contribution in [2.75, 3.05) is 0 Å². The monoisotopic (exact) mass is 408 g/mol. The maximum Gasteiger partial charge on any atom is 0.310 e. The quantitative estimate of drug-likeness (QED) is 0.772. The number of hydrogen-bond donors (Lipinski definition) is 1. The Kier molecular flexibility index (Phi) is 3.90. The molecule has 2 aromatic rings. The van der Waals surface area contributed by atoms with Gasteiger partial charge in [-0.05, 0) is 65.4 Å². The first kappa shape index (κ1) is 15.0. The van der Waals surface area contributed by atoms with Crippen LogP contribution in [-0.2, 0) is 11.4 Å². The van der Waals surface area contributed by atoms with Gasteiger partial charge in [0.25, 0.3) is 0 Å². The summed E-state index contributed by atoms with van der Waals surface area (Å²) in [6.07, 6.45) is 0. The van der Waals surface area contributed by atoms with Crippen molar-refractivity contribution in [2.45, 2.75) is 19.4 Å². The lowest BCUT2D eigenvalue weighted by Gasteiger charge is -2.11. The molecule has 0 spiro atoms. The lowest BCUT2D eigenvalue weighted by atomic mass is 9.95. The second-order valence-electron chi connectivity index (χ2n) is 5.23. The van der Waals surface area contributed by atoms with E-state index in [1.807, 2.05) is 18.2 Å². The van der Waals surface area contributed by atoms with Crippen LogP contribution in [0.2, 0.25) is 0 Å². The molecule has 3 rings (SSSR count). The minimum atomic E-state index is -0.905. The number of benzene rings is 2. The molecule has 0 aromatic heterocycles. The smallest absolute Gasteiger partial charge is 0.310 e. The SMILES string of the molecule is C[C@H](C(=O)O)c1ccc2c(c1)OCc1cc(I)ccc1C2=O. The number of halogens is 1. The van der Waals surface area contributed by atoms with Crippen molar-refractivity contribution in [3.63, 3.8) is 0 Å². The Labute approximate surface area is 141 Å². The van der Waals surface area contributed by atoms with Crippen LogP contribution in [0.3, 0.4) is 0 Å². The number of carbonyl (C=O) groups is 2. The standard InChI is InChI=1S/C17H13IO4/c1-9(17(20)21)10-2-4-14-15(7-10)22-8-11-6-12(18)3-5-13(11)16(14)19/h2-7,9H,8H2,1H3,(H,20,21)/t9-/m0/s1. The van der Waals surface area contributed by atoms with Crippen LogP contribution < -0.4 is 4.74 Å². The first-order valence-corrected chi connectivity index (χ1v) is 7.88. The van der Waals surface area contributed by atoms with Crippen LogP contribution in [0.15, 0.2) is 36.4 Å². The Balaban J connectivity index is 2.06. The lowest BCUT2D eigenvalue weighted by Crippen LogP contribution is -2.08. The highest BCUT2D eigenvalue weighted by Crippen LogP contribution is 2.32. The van der Waals surface area contributed by atoms with Crippen molar-refractivity contribution < 1.29 is 19.4 Å². The summed E-state index contributed by atoms with van der Waals surface area (Å²) in [5.74, 6) is -1.19. The van der Waals surface area contributed by atoms with E-state index in [2.05, 4.69) is 22.6 Å². The fourth-order valence-electron chi connectivity index (χ4n) is 2.46. The van der Waals surface area contributed by atoms with Crippen LogP contribution in [0.5, 0.6) is 5.75 Å². The maximum absolute atomic E-state index is 12.7. The molecule has 0 bridgehead atoms. The topological polar surface area (TPSA) is 63.6 Å². The van der Waals surface area contributed by atoms with Gasteiger partial charge in [-0.3, -0.25) is 9.59 Å². The number of carboxylic acid groups (broad SMARTS) is 1. The van der Waals surface area contributed by atoms with E-state index in [0.29, 0.717) is 29.0 Å². The van der Waals surface area contributed by atoms with Gasteiger partial charge in [0.05, 0.1) is 11.5 Å². The molecule has 0 saturated carbocycles. The Morgan fingerprint density at radius 1 is 1.23 bits per heavy atom. The van der Waals surface area contributed by atoms with Crippen molar-refractivity contribution in [3.05, 3.63) is 62.2 Å². The Bertz CT molecular complexity index is 782. The van der Waals surface area contributed by atoms with Crippen molar-refractivity contribution in [2.24, 2.45) is 0 Å². The van der Waals surface area contributed by atoms with E-state index in [0.717, 1.165) is 9.13 Å². The maximum atomic E-state index is 12.7. The second-order valence-corrected chi connectivity index (χ2v) is 6.48. The zero-order valence-corrected chi connectivity index (χ0v) is 14.0. The summed E-state index contributed by atoms with van der Waals surface area (Å²) in [7, 11) is 0. The molecule has 0 radical (unpaired) electrons. The largest absolute Gasteiger partial charge is 0.488 e. The van der Waals surface area contributed by atoms with Crippen molar-refractivity contribution >= 4 is 34.3 Å². The zero-order chi connectivity index (χ0) is 15.9. The van der Waals surface area contributed by atoms with Gasteiger partial charge in [-0.15, -0.1) is 0 Å². The van der Waals surface area contributed by atoms with Gasteiger partial charge in [0.15, 0.2) is 5.78 Å². The zero-order valence-electron chi connectivity index (χ0n) is 11.8. The Morgan fingerprint density at radius 3 is 2.68 bits per heavy atom. The van der Waals surface area contributed by atoms with Gasteiger partial charge in [-0.2, -0.15) is 0 Å². The minimum Gasteiger partial charge on any atom is -0.488 e. The molecule has 0 fully saturated rings. The molecule has 1 heterocycles. The summed E-state index contributed by atoms with van der Waals surface area (Å²) in [5.41, 5.74) is 2.58. The molecule has 1 aliphatic rings. The summed E-state index contributed by atoms with van der Waals surface area (Å²) in [6.45, 7) is 1.91. The molecule has 5 heteroatoms. The van der Waals surface area contributed by atoms with Crippen LogP contribution in [0, 0.1) is 3.57 Å². The average molecular weight is 408 g/mol. The fourth-order valence-corrected chi connectivity index (χ4v) is 3.02. The molecule has 0 amide bonds. The summed E-state index contributed by atoms with van der Waals surface area (Å²) in [6, 6.07) is 10.6. The predicted octanol–water partition coefficient (Wildman–Crippen LogP) is 3.60. The lowest BCUT2D eigenvalue weighted by molar-refractivity contribution is -0.138. The van der Waals surface area contributed by atoms with Gasteiger partial charge in [-0.25, -0.2) is 0 Å². The number of rotatable bonds is 2. The predicted molar refractivity (Wildman–Crippen MR) is 89.4 cm³/mol. The van der Waals surface area contributed by atoms with E-state index >= 15 is 0 Å². The fraction of sp³-hybridized carbons (Fsp3) is 0.176. The molecular weight excluding hydrogens is 395 g/mol. The molecular formula is C17H13IO4. The van der Waals surface area contributed by atoms with Crippen LogP contribution in [0.25, 0.3) is 0 Å². The molecule has 0 unspecified atom stereocenters. The number of aliphatic carboxylic acids is 1. The molecule has 2 aromatic carbocycles. The third-order valence-corrected chi connectivity index (χ3v) is 4.49. The van der Waals surface area contributed by atoms with Crippen LogP contribution in [0.4, 0.5) is 0 Å². The second kappa shape index (κ2) is 5.72. The number of ketones is 1. The molecule has 1 atom stereocenters. The summed E-state index contributed by atoms with van der Waals surface area (Å²) < 4.78 is 6.79. The van der Waals surface area contributed by atoms with Gasteiger partial charge >= 0.3 is 5.97 Å². The van der Waals surface area contributed by atoms with E-state index < -0.39 is 11.9 Å². The highest BCUT2D eigenvalue weighted by Gasteiger charge is 2.24. The van der Waals surface area contributed by atoms with Crippen LogP contribution in [0.1, 0.15) is 39.9 Å². The highest BCUT2D eigenvalue weighted by atomic mass is 127. The first-order chi connectivity index (χ1) is 10.5.